The van der Waals surface area contributed by atoms with E-state index in [1.54, 1.807) is 26.8 Å². The SMILES string of the molecule is CC1=C(C(=O)O)C(c2ccccc2[N+](=O)[O-])C(C(=O)OC(C)(C)CCO)=C(C)N1. The first-order valence-corrected chi connectivity index (χ1v) is 8.99. The molecule has 0 saturated heterocycles. The molecule has 0 bridgehead atoms. The van der Waals surface area contributed by atoms with Gasteiger partial charge in [0, 0.05) is 36.1 Å². The Labute approximate surface area is 167 Å². The van der Waals surface area contributed by atoms with Gasteiger partial charge in [-0.05, 0) is 27.7 Å². The molecule has 0 aromatic heterocycles. The molecule has 0 saturated carbocycles. The molecule has 0 spiro atoms. The van der Waals surface area contributed by atoms with Crippen LogP contribution in [0.15, 0.2) is 46.8 Å². The maximum Gasteiger partial charge on any atom is 0.337 e. The summed E-state index contributed by atoms with van der Waals surface area (Å²) < 4.78 is 5.52. The van der Waals surface area contributed by atoms with E-state index < -0.39 is 28.4 Å². The Morgan fingerprint density at radius 1 is 1.21 bits per heavy atom. The van der Waals surface area contributed by atoms with Gasteiger partial charge in [-0.3, -0.25) is 10.1 Å². The number of aliphatic carboxylic acids is 1. The molecule has 1 aromatic rings. The van der Waals surface area contributed by atoms with Gasteiger partial charge >= 0.3 is 11.9 Å². The number of nitrogens with zero attached hydrogens (tertiary/aromatic N) is 1. The topological polar surface area (TPSA) is 139 Å². The van der Waals surface area contributed by atoms with Crippen molar-refractivity contribution in [2.75, 3.05) is 6.61 Å². The van der Waals surface area contributed by atoms with E-state index in [9.17, 15) is 29.9 Å². The average molecular weight is 404 g/mol. The number of carbonyl (C=O) groups excluding carboxylic acids is 1. The highest BCUT2D eigenvalue weighted by Gasteiger charge is 2.41. The molecule has 0 amide bonds. The summed E-state index contributed by atoms with van der Waals surface area (Å²) in [6.45, 7) is 6.15. The number of aliphatic hydroxyl groups excluding tert-OH is 1. The van der Waals surface area contributed by atoms with Gasteiger partial charge in [0.05, 0.1) is 22.0 Å². The molecular weight excluding hydrogens is 380 g/mol. The van der Waals surface area contributed by atoms with Crippen molar-refractivity contribution in [2.45, 2.75) is 45.6 Å². The number of aliphatic hydroxyl groups is 1. The number of allylic oxidation sites excluding steroid dienone is 2. The molecule has 156 valence electrons. The van der Waals surface area contributed by atoms with Crippen molar-refractivity contribution >= 4 is 17.6 Å². The number of hydrogen-bond donors (Lipinski definition) is 3. The second-order valence-corrected chi connectivity index (χ2v) is 7.38. The molecule has 9 nitrogen and oxygen atoms in total. The van der Waals surface area contributed by atoms with Crippen LogP contribution in [0.3, 0.4) is 0 Å². The zero-order valence-electron chi connectivity index (χ0n) is 16.7. The van der Waals surface area contributed by atoms with Crippen LogP contribution in [-0.4, -0.2) is 39.3 Å². The summed E-state index contributed by atoms with van der Waals surface area (Å²) in [7, 11) is 0. The number of benzene rings is 1. The fraction of sp³-hybridized carbons (Fsp3) is 0.400. The Morgan fingerprint density at radius 3 is 2.34 bits per heavy atom. The van der Waals surface area contributed by atoms with E-state index in [1.165, 1.54) is 25.1 Å². The van der Waals surface area contributed by atoms with Gasteiger partial charge in [-0.25, -0.2) is 9.59 Å². The zero-order chi connectivity index (χ0) is 21.9. The second-order valence-electron chi connectivity index (χ2n) is 7.38. The molecule has 1 heterocycles. The van der Waals surface area contributed by atoms with Crippen molar-refractivity contribution < 1.29 is 29.5 Å². The van der Waals surface area contributed by atoms with E-state index in [-0.39, 0.29) is 41.1 Å². The average Bonchev–Trinajstić information content (AvgIpc) is 2.59. The van der Waals surface area contributed by atoms with Gasteiger partial charge in [-0.2, -0.15) is 0 Å². The van der Waals surface area contributed by atoms with Crippen molar-refractivity contribution in [1.82, 2.24) is 5.32 Å². The summed E-state index contributed by atoms with van der Waals surface area (Å²) in [5.74, 6) is -3.29. The predicted molar refractivity (Wildman–Crippen MR) is 104 cm³/mol. The highest BCUT2D eigenvalue weighted by molar-refractivity contribution is 5.99. The third kappa shape index (κ3) is 4.62. The maximum atomic E-state index is 13.1. The van der Waals surface area contributed by atoms with Gasteiger partial charge < -0.3 is 20.3 Å². The summed E-state index contributed by atoms with van der Waals surface area (Å²) in [5.41, 5.74) is -0.776. The normalized spacial score (nSPS) is 17.1. The lowest BCUT2D eigenvalue weighted by atomic mass is 9.79. The second kappa shape index (κ2) is 8.44. The molecule has 1 unspecified atom stereocenters. The number of nitro benzene ring substituents is 1. The lowest BCUT2D eigenvalue weighted by Crippen LogP contribution is -2.36. The lowest BCUT2D eigenvalue weighted by molar-refractivity contribution is -0.385. The van der Waals surface area contributed by atoms with Crippen LogP contribution in [-0.2, 0) is 14.3 Å². The number of dihydropyridines is 1. The summed E-state index contributed by atoms with van der Waals surface area (Å²) in [6.07, 6.45) is 0.176. The molecule has 29 heavy (non-hydrogen) atoms. The number of esters is 1. The van der Waals surface area contributed by atoms with Crippen molar-refractivity contribution in [3.63, 3.8) is 0 Å². The first kappa shape index (κ1) is 22.1. The van der Waals surface area contributed by atoms with E-state index in [0.29, 0.717) is 5.70 Å². The van der Waals surface area contributed by atoms with Crippen molar-refractivity contribution in [3.8, 4) is 0 Å². The highest BCUT2D eigenvalue weighted by Crippen LogP contribution is 2.42. The standard InChI is InChI=1S/C20H24N2O7/c1-11-15(18(24)25)17(13-7-5-6-8-14(13)22(27)28)16(12(2)21-11)19(26)29-20(3,4)9-10-23/h5-8,17,21,23H,9-10H2,1-4H3,(H,24,25). The fourth-order valence-electron chi connectivity index (χ4n) is 3.38. The summed E-state index contributed by atoms with van der Waals surface area (Å²) in [6, 6.07) is 5.72. The van der Waals surface area contributed by atoms with Crippen molar-refractivity contribution in [2.24, 2.45) is 0 Å². The molecule has 0 radical (unpaired) electrons. The number of rotatable bonds is 7. The van der Waals surface area contributed by atoms with E-state index in [0.717, 1.165) is 0 Å². The molecule has 0 fully saturated rings. The third-order valence-electron chi connectivity index (χ3n) is 4.74. The van der Waals surface area contributed by atoms with Gasteiger partial charge in [0.1, 0.15) is 5.60 Å². The number of ether oxygens (including phenoxy) is 1. The molecule has 9 heteroatoms. The molecule has 1 aromatic carbocycles. The number of hydrogen-bond acceptors (Lipinski definition) is 7. The minimum Gasteiger partial charge on any atom is -0.478 e. The van der Waals surface area contributed by atoms with E-state index in [2.05, 4.69) is 5.32 Å². The number of carboxylic acid groups (broad SMARTS) is 1. The Hall–Kier alpha value is -3.20. The number of carbonyl (C=O) groups is 2. The minimum absolute atomic E-state index is 0.0201. The van der Waals surface area contributed by atoms with Crippen LogP contribution in [0.1, 0.15) is 45.6 Å². The number of nitro groups is 1. The summed E-state index contributed by atoms with van der Waals surface area (Å²) in [5, 5.41) is 33.4. The van der Waals surface area contributed by atoms with Crippen LogP contribution in [0.2, 0.25) is 0 Å². The van der Waals surface area contributed by atoms with Gasteiger partial charge in [0.15, 0.2) is 0 Å². The molecule has 1 atom stereocenters. The highest BCUT2D eigenvalue weighted by atomic mass is 16.6. The van der Waals surface area contributed by atoms with Crippen LogP contribution in [0.4, 0.5) is 5.69 Å². The van der Waals surface area contributed by atoms with Crippen molar-refractivity contribution in [3.05, 3.63) is 62.5 Å². The van der Waals surface area contributed by atoms with Gasteiger partial charge in [0.2, 0.25) is 0 Å². The number of para-hydroxylation sites is 1. The number of nitrogens with one attached hydrogen (secondary N) is 1. The Balaban J connectivity index is 2.68. The molecule has 1 aliphatic heterocycles. The first-order chi connectivity index (χ1) is 13.5. The predicted octanol–water partition coefficient (Wildman–Crippen LogP) is 2.62. The quantitative estimate of drug-likeness (QED) is 0.358. The van der Waals surface area contributed by atoms with E-state index >= 15 is 0 Å². The van der Waals surface area contributed by atoms with E-state index in [4.69, 9.17) is 4.74 Å². The largest absolute Gasteiger partial charge is 0.478 e. The molecule has 2 rings (SSSR count). The lowest BCUT2D eigenvalue weighted by Gasteiger charge is -2.32. The molecule has 0 aliphatic carbocycles. The fourth-order valence-corrected chi connectivity index (χ4v) is 3.38. The molecule has 1 aliphatic rings. The van der Waals surface area contributed by atoms with Gasteiger partial charge in [-0.1, -0.05) is 18.2 Å². The first-order valence-electron chi connectivity index (χ1n) is 8.99. The Kier molecular flexibility index (Phi) is 6.43. The Morgan fingerprint density at radius 2 is 1.79 bits per heavy atom. The number of carboxylic acids is 1. The third-order valence-corrected chi connectivity index (χ3v) is 4.74. The van der Waals surface area contributed by atoms with Crippen molar-refractivity contribution in [1.29, 1.82) is 0 Å². The maximum absolute atomic E-state index is 13.1. The van der Waals surface area contributed by atoms with Gasteiger partial charge in [-0.15, -0.1) is 0 Å². The van der Waals surface area contributed by atoms with Crippen LogP contribution in [0.25, 0.3) is 0 Å². The van der Waals surface area contributed by atoms with Crippen LogP contribution < -0.4 is 5.32 Å². The smallest absolute Gasteiger partial charge is 0.337 e. The Bertz CT molecular complexity index is 915. The van der Waals surface area contributed by atoms with E-state index in [1.807, 2.05) is 0 Å². The van der Waals surface area contributed by atoms with Crippen LogP contribution in [0, 0.1) is 10.1 Å². The minimum atomic E-state index is -1.30. The summed E-state index contributed by atoms with van der Waals surface area (Å²) in [4.78, 5) is 36.0. The van der Waals surface area contributed by atoms with Crippen LogP contribution >= 0.6 is 0 Å². The van der Waals surface area contributed by atoms with Crippen LogP contribution in [0.5, 0.6) is 0 Å². The monoisotopic (exact) mass is 404 g/mol. The molecular formula is C20H24N2O7. The zero-order valence-corrected chi connectivity index (χ0v) is 16.7. The van der Waals surface area contributed by atoms with Gasteiger partial charge in [0.25, 0.3) is 5.69 Å². The molecule has 3 N–H and O–H groups in total. The summed E-state index contributed by atoms with van der Waals surface area (Å²) >= 11 is 0.